The molecule has 11 heteroatoms. The molecule has 0 aromatic carbocycles. The second-order valence-electron chi connectivity index (χ2n) is 5.18. The Morgan fingerprint density at radius 1 is 1.48 bits per heavy atom. The van der Waals surface area contributed by atoms with Gasteiger partial charge in [0.1, 0.15) is 18.3 Å². The van der Waals surface area contributed by atoms with Crippen molar-refractivity contribution in [3.63, 3.8) is 0 Å². The van der Waals surface area contributed by atoms with Gasteiger partial charge in [0.15, 0.2) is 0 Å². The standard InChI is InChI=1S/C12H22N2O9/c1-5(16)14-8-6(17)3-12(23-13,11(20)21-2)22-10(8)9(19)7(18)4-15/h6-10,15,17-19H,3-4,13H2,1-2H3,(H,14,16)/t6-,7+,8+,9+,10+,12+/m0/s1. The predicted molar refractivity (Wildman–Crippen MR) is 72.2 cm³/mol. The minimum atomic E-state index is -2.23. The highest BCUT2D eigenvalue weighted by atomic mass is 16.8. The molecule has 1 fully saturated rings. The highest BCUT2D eigenvalue weighted by molar-refractivity contribution is 5.78. The second kappa shape index (κ2) is 7.97. The molecule has 1 aliphatic heterocycles. The quantitative estimate of drug-likeness (QED) is 0.207. The molecule has 0 unspecified atom stereocenters. The van der Waals surface area contributed by atoms with Gasteiger partial charge in [-0.15, -0.1) is 0 Å². The van der Waals surface area contributed by atoms with E-state index in [1.54, 1.807) is 0 Å². The lowest BCUT2D eigenvalue weighted by atomic mass is 9.88. The van der Waals surface area contributed by atoms with Gasteiger partial charge in [-0.2, -0.15) is 0 Å². The molecule has 1 saturated heterocycles. The number of nitrogens with one attached hydrogen (secondary N) is 1. The largest absolute Gasteiger partial charge is 0.465 e. The first-order chi connectivity index (χ1) is 10.7. The van der Waals surface area contributed by atoms with Crippen molar-refractivity contribution in [3.8, 4) is 0 Å². The van der Waals surface area contributed by atoms with E-state index in [1.807, 2.05) is 0 Å². The number of methoxy groups -OCH3 is 1. The molecule has 0 aliphatic carbocycles. The topological polar surface area (TPSA) is 181 Å². The van der Waals surface area contributed by atoms with Crippen LogP contribution < -0.4 is 11.2 Å². The fourth-order valence-electron chi connectivity index (χ4n) is 2.40. The summed E-state index contributed by atoms with van der Waals surface area (Å²) in [5.74, 6) is 1.22. The number of carbonyl (C=O) groups excluding carboxylic acids is 2. The summed E-state index contributed by atoms with van der Waals surface area (Å²) in [6.07, 6.45) is -6.83. The van der Waals surface area contributed by atoms with E-state index < -0.39 is 61.1 Å². The summed E-state index contributed by atoms with van der Waals surface area (Å²) < 4.78 is 9.83. The van der Waals surface area contributed by atoms with Gasteiger partial charge in [-0.05, 0) is 0 Å². The smallest absolute Gasteiger partial charge is 0.368 e. The maximum atomic E-state index is 11.9. The third-order valence-electron chi connectivity index (χ3n) is 3.55. The van der Waals surface area contributed by atoms with Gasteiger partial charge >= 0.3 is 5.97 Å². The van der Waals surface area contributed by atoms with Gasteiger partial charge in [0, 0.05) is 13.3 Å². The molecule has 1 amide bonds. The van der Waals surface area contributed by atoms with E-state index in [0.29, 0.717) is 0 Å². The van der Waals surface area contributed by atoms with Crippen molar-refractivity contribution in [3.05, 3.63) is 0 Å². The second-order valence-corrected chi connectivity index (χ2v) is 5.18. The number of ether oxygens (including phenoxy) is 2. The summed E-state index contributed by atoms with van der Waals surface area (Å²) in [5.41, 5.74) is 0. The molecule has 0 bridgehead atoms. The number of hydrogen-bond acceptors (Lipinski definition) is 10. The van der Waals surface area contributed by atoms with Gasteiger partial charge in [-0.1, -0.05) is 0 Å². The molecule has 0 saturated carbocycles. The number of aliphatic hydroxyl groups excluding tert-OH is 4. The first-order valence-electron chi connectivity index (χ1n) is 6.78. The van der Waals surface area contributed by atoms with Crippen LogP contribution in [0, 0.1) is 0 Å². The van der Waals surface area contributed by atoms with E-state index in [9.17, 15) is 24.9 Å². The minimum Gasteiger partial charge on any atom is -0.465 e. The Morgan fingerprint density at radius 2 is 2.09 bits per heavy atom. The van der Waals surface area contributed by atoms with Crippen LogP contribution >= 0.6 is 0 Å². The van der Waals surface area contributed by atoms with Gasteiger partial charge in [0.25, 0.3) is 5.79 Å². The fraction of sp³-hybridized carbons (Fsp3) is 0.833. The van der Waals surface area contributed by atoms with Crippen LogP contribution in [0.1, 0.15) is 13.3 Å². The van der Waals surface area contributed by atoms with Gasteiger partial charge in [-0.25, -0.2) is 10.7 Å². The summed E-state index contributed by atoms with van der Waals surface area (Å²) in [4.78, 5) is 27.6. The number of hydrogen-bond donors (Lipinski definition) is 6. The van der Waals surface area contributed by atoms with Crippen LogP contribution in [0.25, 0.3) is 0 Å². The molecule has 23 heavy (non-hydrogen) atoms. The lowest BCUT2D eigenvalue weighted by Crippen LogP contribution is -2.68. The predicted octanol–water partition coefficient (Wildman–Crippen LogP) is -3.89. The summed E-state index contributed by atoms with van der Waals surface area (Å²) in [6.45, 7) is 0.346. The molecule has 0 aromatic heterocycles. The monoisotopic (exact) mass is 338 g/mol. The van der Waals surface area contributed by atoms with Crippen LogP contribution in [0.3, 0.4) is 0 Å². The minimum absolute atomic E-state index is 0.487. The van der Waals surface area contributed by atoms with Gasteiger partial charge in [0.2, 0.25) is 5.91 Å². The summed E-state index contributed by atoms with van der Waals surface area (Å²) >= 11 is 0. The summed E-state index contributed by atoms with van der Waals surface area (Å²) in [5, 5.41) is 41.2. The van der Waals surface area contributed by atoms with E-state index in [2.05, 4.69) is 14.9 Å². The number of esters is 1. The highest BCUT2D eigenvalue weighted by Crippen LogP contribution is 2.33. The maximum absolute atomic E-state index is 11.9. The first kappa shape index (κ1) is 19.7. The Balaban J connectivity index is 3.17. The Labute approximate surface area is 131 Å². The third-order valence-corrected chi connectivity index (χ3v) is 3.55. The SMILES string of the molecule is COC(=O)[C@]1(ON)C[C@H](O)[C@@H](NC(C)=O)[C@H]([C@H](O)[C@H](O)CO)O1. The van der Waals surface area contributed by atoms with Crippen LogP contribution in [0.2, 0.25) is 0 Å². The van der Waals surface area contributed by atoms with Crippen LogP contribution in [0.4, 0.5) is 0 Å². The number of amides is 1. The zero-order valence-corrected chi connectivity index (χ0v) is 12.7. The van der Waals surface area contributed by atoms with Crippen molar-refractivity contribution in [2.24, 2.45) is 5.90 Å². The number of aliphatic hydroxyl groups is 4. The first-order valence-corrected chi connectivity index (χ1v) is 6.78. The van der Waals surface area contributed by atoms with Gasteiger partial charge < -0.3 is 35.2 Å². The van der Waals surface area contributed by atoms with Crippen molar-refractivity contribution >= 4 is 11.9 Å². The number of carbonyl (C=O) groups is 2. The van der Waals surface area contributed by atoms with Crippen molar-refractivity contribution in [2.45, 2.75) is 49.6 Å². The highest BCUT2D eigenvalue weighted by Gasteiger charge is 2.56. The molecule has 1 rings (SSSR count). The summed E-state index contributed by atoms with van der Waals surface area (Å²) in [6, 6.07) is -1.18. The fourth-order valence-corrected chi connectivity index (χ4v) is 2.40. The normalized spacial score (nSPS) is 33.6. The van der Waals surface area contributed by atoms with Crippen LogP contribution in [-0.4, -0.2) is 82.3 Å². The van der Waals surface area contributed by atoms with Crippen LogP contribution in [-0.2, 0) is 23.9 Å². The molecular weight excluding hydrogens is 316 g/mol. The Bertz CT molecular complexity index is 435. The van der Waals surface area contributed by atoms with E-state index in [4.69, 9.17) is 15.7 Å². The molecule has 1 heterocycles. The maximum Gasteiger partial charge on any atom is 0.368 e. The van der Waals surface area contributed by atoms with E-state index in [-0.39, 0.29) is 0 Å². The molecule has 0 spiro atoms. The van der Waals surface area contributed by atoms with Crippen LogP contribution in [0.5, 0.6) is 0 Å². The van der Waals surface area contributed by atoms with E-state index in [0.717, 1.165) is 7.11 Å². The van der Waals surface area contributed by atoms with Crippen molar-refractivity contribution in [1.29, 1.82) is 0 Å². The Morgan fingerprint density at radius 3 is 2.52 bits per heavy atom. The van der Waals surface area contributed by atoms with Crippen LogP contribution in [0.15, 0.2) is 0 Å². The lowest BCUT2D eigenvalue weighted by molar-refractivity contribution is -0.314. The van der Waals surface area contributed by atoms with Gasteiger partial charge in [-0.3, -0.25) is 9.63 Å². The lowest BCUT2D eigenvalue weighted by Gasteiger charge is -2.45. The zero-order chi connectivity index (χ0) is 17.8. The molecule has 1 aliphatic rings. The zero-order valence-electron chi connectivity index (χ0n) is 12.7. The van der Waals surface area contributed by atoms with Gasteiger partial charge in [0.05, 0.1) is 25.9 Å². The molecule has 0 aromatic rings. The average molecular weight is 338 g/mol. The van der Waals surface area contributed by atoms with E-state index >= 15 is 0 Å². The average Bonchev–Trinajstić information content (AvgIpc) is 2.53. The molecule has 134 valence electrons. The molecular formula is C12H22N2O9. The summed E-state index contributed by atoms with van der Waals surface area (Å²) in [7, 11) is 1.03. The molecule has 7 N–H and O–H groups in total. The van der Waals surface area contributed by atoms with Crippen molar-refractivity contribution in [2.75, 3.05) is 13.7 Å². The van der Waals surface area contributed by atoms with E-state index in [1.165, 1.54) is 6.92 Å². The number of nitrogens with two attached hydrogens (primary N) is 1. The third kappa shape index (κ3) is 4.14. The molecule has 0 radical (unpaired) electrons. The van der Waals surface area contributed by atoms with Crippen molar-refractivity contribution in [1.82, 2.24) is 5.32 Å². The molecule has 6 atom stereocenters. The van der Waals surface area contributed by atoms with Crippen molar-refractivity contribution < 1.29 is 44.3 Å². The molecule has 11 nitrogen and oxygen atoms in total. The number of rotatable bonds is 6. The Hall–Kier alpha value is -1.34. The Kier molecular flexibility index (Phi) is 6.83.